The molecule has 0 fully saturated rings. The van der Waals surface area contributed by atoms with Crippen LogP contribution in [-0.4, -0.2) is 48.1 Å². The third-order valence-corrected chi connectivity index (χ3v) is 8.58. The van der Waals surface area contributed by atoms with Gasteiger partial charge in [-0.05, 0) is 76.2 Å². The number of hydrogen-bond acceptors (Lipinski definition) is 5. The lowest BCUT2D eigenvalue weighted by Gasteiger charge is -2.19. The lowest BCUT2D eigenvalue weighted by molar-refractivity contribution is -0.120. The Kier molecular flexibility index (Phi) is 10.5. The first-order valence-electron chi connectivity index (χ1n) is 14.9. The molecule has 5 rings (SSSR count). The fourth-order valence-corrected chi connectivity index (χ4v) is 5.86. The van der Waals surface area contributed by atoms with Gasteiger partial charge in [0.15, 0.2) is 5.78 Å². The van der Waals surface area contributed by atoms with Crippen molar-refractivity contribution in [1.82, 2.24) is 15.3 Å². The third-order valence-electron chi connectivity index (χ3n) is 7.60. The van der Waals surface area contributed by atoms with Crippen molar-refractivity contribution in [3.05, 3.63) is 149 Å². The number of carbonyl (C=O) groups excluding carboxylic acids is 2. The van der Waals surface area contributed by atoms with Crippen molar-refractivity contribution >= 4 is 33.2 Å². The van der Waals surface area contributed by atoms with Crippen molar-refractivity contribution in [2.24, 2.45) is 0 Å². The molecule has 5 aromatic rings. The zero-order chi connectivity index (χ0) is 33.4. The van der Waals surface area contributed by atoms with E-state index in [-0.39, 0.29) is 35.8 Å². The zero-order valence-corrected chi connectivity index (χ0v) is 26.4. The second-order valence-electron chi connectivity index (χ2n) is 11.3. The van der Waals surface area contributed by atoms with Crippen LogP contribution in [0.5, 0.6) is 0 Å². The van der Waals surface area contributed by atoms with Crippen molar-refractivity contribution in [1.29, 1.82) is 0 Å². The first-order chi connectivity index (χ1) is 22.5. The molecule has 1 heterocycles. The number of hydrogen-bond donors (Lipinski definition) is 2. The molecule has 0 aliphatic rings. The molecule has 0 aliphatic heterocycles. The molecule has 0 bridgehead atoms. The maximum Gasteiger partial charge on any atom is 0.252 e. The zero-order valence-electron chi connectivity index (χ0n) is 25.6. The first kappa shape index (κ1) is 33.2. The number of amides is 1. The third kappa shape index (κ3) is 9.40. The Hall–Kier alpha value is -5.22. The predicted molar refractivity (Wildman–Crippen MR) is 179 cm³/mol. The molecule has 1 atom stereocenters. The van der Waals surface area contributed by atoms with E-state index >= 15 is 0 Å². The normalized spacial score (nSPS) is 12.4. The summed E-state index contributed by atoms with van der Waals surface area (Å²) in [6, 6.07) is 24.9. The number of nitrogens with one attached hydrogen (secondary N) is 2. The maximum absolute atomic E-state index is 13.9. The van der Waals surface area contributed by atoms with Gasteiger partial charge in [-0.1, -0.05) is 66.7 Å². The Bertz CT molecular complexity index is 1980. The monoisotopic (exact) mass is 653 g/mol. The Morgan fingerprint density at radius 3 is 2.21 bits per heavy atom. The SMILES string of the molecule is CS(=O)(=O)CCC(NC(=O)c1ccc(C=C(Cc2ncc[nH]2)c2ccc(F)cc2)cc1-c1ccc(F)cc1)C(=O)Cc1ccccc1. The van der Waals surface area contributed by atoms with Gasteiger partial charge in [-0.2, -0.15) is 0 Å². The van der Waals surface area contributed by atoms with E-state index in [1.807, 2.05) is 12.1 Å². The molecule has 0 saturated carbocycles. The number of rotatable bonds is 13. The van der Waals surface area contributed by atoms with Crippen molar-refractivity contribution in [2.45, 2.75) is 25.3 Å². The molecule has 47 heavy (non-hydrogen) atoms. The molecule has 0 aliphatic carbocycles. The van der Waals surface area contributed by atoms with Gasteiger partial charge >= 0.3 is 0 Å². The van der Waals surface area contributed by atoms with Crippen LogP contribution < -0.4 is 5.32 Å². The number of aromatic nitrogens is 2. The smallest absolute Gasteiger partial charge is 0.252 e. The van der Waals surface area contributed by atoms with Crippen LogP contribution in [0, 0.1) is 11.6 Å². The number of imidazole rings is 1. The number of H-pyrrole nitrogens is 1. The summed E-state index contributed by atoms with van der Waals surface area (Å²) in [5.41, 5.74) is 4.31. The summed E-state index contributed by atoms with van der Waals surface area (Å²) < 4.78 is 51.7. The van der Waals surface area contributed by atoms with Crippen LogP contribution in [-0.2, 0) is 27.5 Å². The van der Waals surface area contributed by atoms with E-state index in [0.29, 0.717) is 28.9 Å². The first-order valence-corrected chi connectivity index (χ1v) is 17.0. The van der Waals surface area contributed by atoms with Gasteiger partial charge < -0.3 is 10.3 Å². The van der Waals surface area contributed by atoms with Crippen LogP contribution in [0.4, 0.5) is 8.78 Å². The number of nitrogens with zero attached hydrogens (tertiary/aromatic N) is 1. The molecule has 240 valence electrons. The van der Waals surface area contributed by atoms with Crippen LogP contribution in [0.1, 0.15) is 39.3 Å². The van der Waals surface area contributed by atoms with E-state index < -0.39 is 27.6 Å². The fourth-order valence-electron chi connectivity index (χ4n) is 5.20. The number of halogens is 2. The summed E-state index contributed by atoms with van der Waals surface area (Å²) in [6.45, 7) is 0. The van der Waals surface area contributed by atoms with Crippen LogP contribution >= 0.6 is 0 Å². The van der Waals surface area contributed by atoms with Gasteiger partial charge in [0.2, 0.25) is 0 Å². The summed E-state index contributed by atoms with van der Waals surface area (Å²) in [5, 5.41) is 2.78. The number of carbonyl (C=O) groups is 2. The predicted octanol–water partition coefficient (Wildman–Crippen LogP) is 6.48. The standard InChI is InChI=1S/C37H33F2N3O4S/c1-47(45,46)20-17-34(35(43)23-25-5-3-2-4-6-25)42-37(44)32-16-7-26(22-33(32)28-10-14-31(39)15-11-28)21-29(24-36-40-18-19-41-36)27-8-12-30(38)13-9-27/h2-16,18-19,21-22,34H,17,20,23-24H2,1H3,(H,40,41)(H,42,44). The second-order valence-corrected chi connectivity index (χ2v) is 13.5. The molecule has 2 N–H and O–H groups in total. The molecule has 0 radical (unpaired) electrons. The van der Waals surface area contributed by atoms with Gasteiger partial charge in [0, 0.05) is 37.1 Å². The Morgan fingerprint density at radius 2 is 1.57 bits per heavy atom. The highest BCUT2D eigenvalue weighted by Gasteiger charge is 2.25. The number of sulfone groups is 1. The van der Waals surface area contributed by atoms with E-state index in [4.69, 9.17) is 0 Å². The number of allylic oxidation sites excluding steroid dienone is 1. The van der Waals surface area contributed by atoms with Gasteiger partial charge in [0.25, 0.3) is 5.91 Å². The van der Waals surface area contributed by atoms with E-state index in [9.17, 15) is 26.8 Å². The minimum Gasteiger partial charge on any atom is -0.348 e. The molecule has 0 saturated heterocycles. The molecule has 7 nitrogen and oxygen atoms in total. The number of aromatic amines is 1. The maximum atomic E-state index is 13.9. The van der Waals surface area contributed by atoms with Crippen LogP contribution in [0.25, 0.3) is 22.8 Å². The Labute approximate surface area is 272 Å². The van der Waals surface area contributed by atoms with E-state index in [0.717, 1.165) is 23.0 Å². The Balaban J connectivity index is 1.52. The second kappa shape index (κ2) is 14.9. The molecule has 0 spiro atoms. The van der Waals surface area contributed by atoms with Crippen molar-refractivity contribution in [3.8, 4) is 11.1 Å². The van der Waals surface area contributed by atoms with E-state index in [1.54, 1.807) is 79.1 Å². The fraction of sp³-hybridized carbons (Fsp3) is 0.162. The topological polar surface area (TPSA) is 109 Å². The van der Waals surface area contributed by atoms with Crippen molar-refractivity contribution in [3.63, 3.8) is 0 Å². The molecular weight excluding hydrogens is 620 g/mol. The average molecular weight is 654 g/mol. The van der Waals surface area contributed by atoms with Gasteiger partial charge in [-0.25, -0.2) is 22.2 Å². The summed E-state index contributed by atoms with van der Waals surface area (Å²) >= 11 is 0. The summed E-state index contributed by atoms with van der Waals surface area (Å²) in [5.74, 6) is -1.28. The average Bonchev–Trinajstić information content (AvgIpc) is 3.56. The minimum absolute atomic E-state index is 0.0198. The molecular formula is C37H33F2N3O4S. The van der Waals surface area contributed by atoms with Crippen LogP contribution in [0.3, 0.4) is 0 Å². The lowest BCUT2D eigenvalue weighted by atomic mass is 9.93. The lowest BCUT2D eigenvalue weighted by Crippen LogP contribution is -2.43. The summed E-state index contributed by atoms with van der Waals surface area (Å²) in [7, 11) is -3.42. The minimum atomic E-state index is -3.42. The number of Topliss-reactive ketones (excluding diaryl/α,β-unsaturated/α-hetero) is 1. The number of benzene rings is 4. The van der Waals surface area contributed by atoms with Crippen LogP contribution in [0.15, 0.2) is 109 Å². The number of ketones is 1. The van der Waals surface area contributed by atoms with Gasteiger partial charge in [0.05, 0.1) is 11.8 Å². The molecule has 1 amide bonds. The van der Waals surface area contributed by atoms with E-state index in [1.165, 1.54) is 24.3 Å². The highest BCUT2D eigenvalue weighted by molar-refractivity contribution is 7.90. The Morgan fingerprint density at radius 1 is 0.894 bits per heavy atom. The van der Waals surface area contributed by atoms with Crippen LogP contribution in [0.2, 0.25) is 0 Å². The van der Waals surface area contributed by atoms with E-state index in [2.05, 4.69) is 15.3 Å². The molecule has 4 aromatic carbocycles. The highest BCUT2D eigenvalue weighted by atomic mass is 32.2. The van der Waals surface area contributed by atoms with Gasteiger partial charge in [-0.3, -0.25) is 9.59 Å². The quantitative estimate of drug-likeness (QED) is 0.141. The molecule has 1 aromatic heterocycles. The summed E-state index contributed by atoms with van der Waals surface area (Å²) in [6.07, 6.45) is 6.69. The van der Waals surface area contributed by atoms with Crippen molar-refractivity contribution < 1.29 is 26.8 Å². The van der Waals surface area contributed by atoms with Crippen molar-refractivity contribution in [2.75, 3.05) is 12.0 Å². The largest absolute Gasteiger partial charge is 0.348 e. The highest BCUT2D eigenvalue weighted by Crippen LogP contribution is 2.29. The summed E-state index contributed by atoms with van der Waals surface area (Å²) in [4.78, 5) is 34.6. The van der Waals surface area contributed by atoms with Gasteiger partial charge in [0.1, 0.15) is 27.3 Å². The molecule has 10 heteroatoms. The van der Waals surface area contributed by atoms with Gasteiger partial charge in [-0.15, -0.1) is 0 Å². The molecule has 1 unspecified atom stereocenters.